The maximum atomic E-state index is 12.9. The average Bonchev–Trinajstić information content (AvgIpc) is 3.42. The third-order valence-electron chi connectivity index (χ3n) is 6.25. The van der Waals surface area contributed by atoms with E-state index in [2.05, 4.69) is 15.1 Å². The third-order valence-corrected chi connectivity index (χ3v) is 7.26. The molecule has 164 valence electrons. The first kappa shape index (κ1) is 21.0. The molecule has 0 aromatic carbocycles. The van der Waals surface area contributed by atoms with Gasteiger partial charge >= 0.3 is 5.97 Å². The monoisotopic (exact) mass is 435 g/mol. The third kappa shape index (κ3) is 4.43. The number of likely N-dealkylation sites (tertiary alicyclic amines) is 1. The van der Waals surface area contributed by atoms with E-state index in [1.165, 1.54) is 11.3 Å². The van der Waals surface area contributed by atoms with E-state index < -0.39 is 0 Å². The number of rotatable bonds is 5. The zero-order chi connectivity index (χ0) is 21.1. The molecule has 3 saturated heterocycles. The SMILES string of the molecule is CCOC(=O)C1CCN(C(=O)C2CCN(c3nnc(N4CCCC4=O)s3)CC2)CC1. The van der Waals surface area contributed by atoms with Crippen molar-refractivity contribution in [1.29, 1.82) is 0 Å². The minimum atomic E-state index is -0.134. The van der Waals surface area contributed by atoms with E-state index in [1.54, 1.807) is 4.90 Å². The lowest BCUT2D eigenvalue weighted by Gasteiger charge is -2.36. The molecular weight excluding hydrogens is 406 g/mol. The van der Waals surface area contributed by atoms with E-state index in [9.17, 15) is 14.4 Å². The number of ether oxygens (including phenoxy) is 1. The maximum Gasteiger partial charge on any atom is 0.309 e. The summed E-state index contributed by atoms with van der Waals surface area (Å²) in [6, 6.07) is 0. The molecule has 4 rings (SSSR count). The highest BCUT2D eigenvalue weighted by Crippen LogP contribution is 2.33. The van der Waals surface area contributed by atoms with Crippen molar-refractivity contribution in [3.8, 4) is 0 Å². The summed E-state index contributed by atoms with van der Waals surface area (Å²) in [5.41, 5.74) is 0. The first-order chi connectivity index (χ1) is 14.6. The molecular formula is C20H29N5O4S. The van der Waals surface area contributed by atoms with Crippen LogP contribution in [0.2, 0.25) is 0 Å². The van der Waals surface area contributed by atoms with Crippen LogP contribution in [0.3, 0.4) is 0 Å². The zero-order valence-electron chi connectivity index (χ0n) is 17.4. The summed E-state index contributed by atoms with van der Waals surface area (Å²) in [6.07, 6.45) is 4.40. The Kier molecular flexibility index (Phi) is 6.50. The van der Waals surface area contributed by atoms with Gasteiger partial charge in [-0.2, -0.15) is 0 Å². The second-order valence-corrected chi connectivity index (χ2v) is 9.06. The number of esters is 1. The molecule has 9 nitrogen and oxygen atoms in total. The van der Waals surface area contributed by atoms with Gasteiger partial charge in [-0.05, 0) is 39.0 Å². The van der Waals surface area contributed by atoms with Crippen molar-refractivity contribution in [2.24, 2.45) is 11.8 Å². The average molecular weight is 436 g/mol. The van der Waals surface area contributed by atoms with Crippen LogP contribution >= 0.6 is 11.3 Å². The fourth-order valence-electron chi connectivity index (χ4n) is 4.47. The fraction of sp³-hybridized carbons (Fsp3) is 0.750. The van der Waals surface area contributed by atoms with Gasteiger partial charge in [-0.15, -0.1) is 10.2 Å². The van der Waals surface area contributed by atoms with Crippen molar-refractivity contribution in [2.45, 2.75) is 45.4 Å². The Hall–Kier alpha value is -2.23. The van der Waals surface area contributed by atoms with Crippen molar-refractivity contribution in [3.05, 3.63) is 0 Å². The van der Waals surface area contributed by atoms with Crippen LogP contribution in [0.4, 0.5) is 10.3 Å². The van der Waals surface area contributed by atoms with Gasteiger partial charge in [0.2, 0.25) is 22.1 Å². The predicted octanol–water partition coefficient (Wildman–Crippen LogP) is 1.68. The highest BCUT2D eigenvalue weighted by atomic mass is 32.1. The topological polar surface area (TPSA) is 95.9 Å². The van der Waals surface area contributed by atoms with Gasteiger partial charge in [-0.25, -0.2) is 0 Å². The quantitative estimate of drug-likeness (QED) is 0.649. The Bertz CT molecular complexity index is 784. The van der Waals surface area contributed by atoms with Crippen molar-refractivity contribution in [2.75, 3.05) is 49.1 Å². The minimum Gasteiger partial charge on any atom is -0.466 e. The Morgan fingerprint density at radius 2 is 1.67 bits per heavy atom. The number of carbonyl (C=O) groups excluding carboxylic acids is 3. The number of piperidine rings is 2. The zero-order valence-corrected chi connectivity index (χ0v) is 18.2. The maximum absolute atomic E-state index is 12.9. The first-order valence-corrected chi connectivity index (χ1v) is 11.7. The van der Waals surface area contributed by atoms with Crippen LogP contribution in [-0.4, -0.2) is 72.2 Å². The van der Waals surface area contributed by atoms with E-state index in [0.717, 1.165) is 44.0 Å². The van der Waals surface area contributed by atoms with Crippen molar-refractivity contribution in [1.82, 2.24) is 15.1 Å². The smallest absolute Gasteiger partial charge is 0.309 e. The van der Waals surface area contributed by atoms with E-state index in [1.807, 2.05) is 11.8 Å². The highest BCUT2D eigenvalue weighted by molar-refractivity contribution is 7.19. The highest BCUT2D eigenvalue weighted by Gasteiger charge is 2.34. The Morgan fingerprint density at radius 3 is 2.30 bits per heavy atom. The van der Waals surface area contributed by atoms with Gasteiger partial charge in [0.1, 0.15) is 0 Å². The second-order valence-electron chi connectivity index (χ2n) is 8.13. The van der Waals surface area contributed by atoms with Crippen LogP contribution in [0.15, 0.2) is 0 Å². The van der Waals surface area contributed by atoms with Crippen LogP contribution in [-0.2, 0) is 19.1 Å². The van der Waals surface area contributed by atoms with Gasteiger partial charge in [-0.3, -0.25) is 19.3 Å². The summed E-state index contributed by atoms with van der Waals surface area (Å²) in [7, 11) is 0. The number of nitrogens with zero attached hydrogens (tertiary/aromatic N) is 5. The Labute approximate surface area is 180 Å². The summed E-state index contributed by atoms with van der Waals surface area (Å²) < 4.78 is 5.11. The molecule has 0 atom stereocenters. The molecule has 30 heavy (non-hydrogen) atoms. The lowest BCUT2D eigenvalue weighted by molar-refractivity contribution is -0.151. The van der Waals surface area contributed by atoms with E-state index >= 15 is 0 Å². The molecule has 1 aromatic rings. The molecule has 1 aromatic heterocycles. The van der Waals surface area contributed by atoms with Crippen molar-refractivity contribution in [3.63, 3.8) is 0 Å². The van der Waals surface area contributed by atoms with E-state index in [0.29, 0.717) is 44.1 Å². The summed E-state index contributed by atoms with van der Waals surface area (Å²) in [4.78, 5) is 42.5. The Morgan fingerprint density at radius 1 is 1.00 bits per heavy atom. The van der Waals surface area contributed by atoms with Crippen LogP contribution in [0.5, 0.6) is 0 Å². The van der Waals surface area contributed by atoms with Gasteiger partial charge < -0.3 is 14.5 Å². The molecule has 10 heteroatoms. The largest absolute Gasteiger partial charge is 0.466 e. The van der Waals surface area contributed by atoms with E-state index in [-0.39, 0.29) is 29.6 Å². The molecule has 3 fully saturated rings. The number of aromatic nitrogens is 2. The number of hydrogen-bond acceptors (Lipinski definition) is 8. The van der Waals surface area contributed by atoms with Gasteiger partial charge in [0.15, 0.2) is 0 Å². The standard InChI is InChI=1S/C20H29N5O4S/c1-2-29-18(28)15-7-10-23(11-8-15)17(27)14-5-12-24(13-6-14)19-21-22-20(30-19)25-9-3-4-16(25)26/h14-15H,2-13H2,1H3. The molecule has 0 unspecified atom stereocenters. The second kappa shape index (κ2) is 9.28. The molecule has 3 aliphatic heterocycles. The van der Waals surface area contributed by atoms with Crippen LogP contribution in [0, 0.1) is 11.8 Å². The van der Waals surface area contributed by atoms with Crippen LogP contribution in [0.25, 0.3) is 0 Å². The molecule has 0 N–H and O–H groups in total. The molecule has 0 bridgehead atoms. The molecule has 0 saturated carbocycles. The Balaban J connectivity index is 1.26. The van der Waals surface area contributed by atoms with Gasteiger partial charge in [0.05, 0.1) is 12.5 Å². The summed E-state index contributed by atoms with van der Waals surface area (Å²) >= 11 is 1.45. The summed E-state index contributed by atoms with van der Waals surface area (Å²) in [6.45, 7) is 5.73. The molecule has 2 amide bonds. The normalized spacial score (nSPS) is 21.4. The lowest BCUT2D eigenvalue weighted by atomic mass is 9.92. The molecule has 0 radical (unpaired) electrons. The lowest BCUT2D eigenvalue weighted by Crippen LogP contribution is -2.46. The molecule has 0 aliphatic carbocycles. The number of carbonyl (C=O) groups is 3. The molecule has 3 aliphatic rings. The number of hydrogen-bond donors (Lipinski definition) is 0. The minimum absolute atomic E-state index is 0.0212. The van der Waals surface area contributed by atoms with Crippen molar-refractivity contribution >= 4 is 39.4 Å². The van der Waals surface area contributed by atoms with Crippen LogP contribution in [0.1, 0.15) is 45.4 Å². The predicted molar refractivity (Wildman–Crippen MR) is 112 cm³/mol. The van der Waals surface area contributed by atoms with Gasteiger partial charge in [0.25, 0.3) is 0 Å². The van der Waals surface area contributed by atoms with Crippen LogP contribution < -0.4 is 9.80 Å². The molecule has 4 heterocycles. The van der Waals surface area contributed by atoms with Gasteiger partial charge in [-0.1, -0.05) is 11.3 Å². The molecule has 0 spiro atoms. The van der Waals surface area contributed by atoms with E-state index in [4.69, 9.17) is 4.74 Å². The van der Waals surface area contributed by atoms with Crippen molar-refractivity contribution < 1.29 is 19.1 Å². The summed E-state index contributed by atoms with van der Waals surface area (Å²) in [5, 5.41) is 9.99. The number of anilines is 2. The number of amides is 2. The first-order valence-electron chi connectivity index (χ1n) is 10.9. The van der Waals surface area contributed by atoms with Gasteiger partial charge in [0, 0.05) is 45.1 Å². The summed E-state index contributed by atoms with van der Waals surface area (Å²) in [5.74, 6) is 0.133. The fourth-order valence-corrected chi connectivity index (χ4v) is 5.41.